The monoisotopic (exact) mass is 431 g/mol. The van der Waals surface area contributed by atoms with Crippen molar-refractivity contribution in [2.75, 3.05) is 18.0 Å². The molecule has 1 aromatic heterocycles. The van der Waals surface area contributed by atoms with E-state index in [4.69, 9.17) is 0 Å². The highest BCUT2D eigenvalue weighted by atomic mass is 32.2. The van der Waals surface area contributed by atoms with Crippen LogP contribution in [0.25, 0.3) is 0 Å². The second kappa shape index (κ2) is 8.66. The van der Waals surface area contributed by atoms with Crippen molar-refractivity contribution in [2.24, 2.45) is 5.92 Å². The summed E-state index contributed by atoms with van der Waals surface area (Å²) in [6, 6.07) is 12.4. The Labute approximate surface area is 176 Å². The normalized spacial score (nSPS) is 17.8. The number of piperidine rings is 1. The predicted octanol–water partition coefficient (Wildman–Crippen LogP) is 3.77. The molecule has 0 bridgehead atoms. The van der Waals surface area contributed by atoms with E-state index in [-0.39, 0.29) is 18.5 Å². The lowest BCUT2D eigenvalue weighted by molar-refractivity contribution is -0.123. The SMILES string of the molecule is Cc1ccc(S(=O)(=O)N2CCCC(C(=O)N(c3cccc(C#N)c3)C(C)C)C2)s1. The Kier molecular flexibility index (Phi) is 6.42. The zero-order valence-corrected chi connectivity index (χ0v) is 18.5. The maximum absolute atomic E-state index is 13.4. The molecule has 1 aliphatic heterocycles. The van der Waals surface area contributed by atoms with Crippen LogP contribution in [0.2, 0.25) is 0 Å². The third-order valence-electron chi connectivity index (χ3n) is 5.05. The number of anilines is 1. The summed E-state index contributed by atoms with van der Waals surface area (Å²) in [5.74, 6) is -0.509. The number of hydrogen-bond donors (Lipinski definition) is 0. The highest BCUT2D eigenvalue weighted by Gasteiger charge is 2.36. The first-order valence-electron chi connectivity index (χ1n) is 9.64. The van der Waals surface area contributed by atoms with Crippen LogP contribution in [0, 0.1) is 24.2 Å². The van der Waals surface area contributed by atoms with E-state index in [9.17, 15) is 18.5 Å². The van der Waals surface area contributed by atoms with E-state index in [0.717, 1.165) is 4.88 Å². The number of aryl methyl sites for hydroxylation is 1. The number of hydrogen-bond acceptors (Lipinski definition) is 5. The molecule has 1 aromatic carbocycles. The van der Waals surface area contributed by atoms with Crippen LogP contribution in [-0.2, 0) is 14.8 Å². The van der Waals surface area contributed by atoms with Crippen molar-refractivity contribution in [3.8, 4) is 6.07 Å². The van der Waals surface area contributed by atoms with E-state index < -0.39 is 15.9 Å². The van der Waals surface area contributed by atoms with Gasteiger partial charge in [0.05, 0.1) is 17.6 Å². The van der Waals surface area contributed by atoms with Crippen molar-refractivity contribution in [3.05, 3.63) is 46.8 Å². The van der Waals surface area contributed by atoms with Crippen LogP contribution in [0.4, 0.5) is 5.69 Å². The van der Waals surface area contributed by atoms with Crippen LogP contribution >= 0.6 is 11.3 Å². The largest absolute Gasteiger partial charge is 0.310 e. The molecule has 2 aromatic rings. The molecule has 3 rings (SSSR count). The molecule has 6 nitrogen and oxygen atoms in total. The van der Waals surface area contributed by atoms with Crippen LogP contribution in [0.1, 0.15) is 37.1 Å². The number of rotatable bonds is 5. The summed E-state index contributed by atoms with van der Waals surface area (Å²) in [5, 5.41) is 9.18. The Hall–Kier alpha value is -2.21. The number of carbonyl (C=O) groups excluding carboxylic acids is 1. The fourth-order valence-corrected chi connectivity index (χ4v) is 6.60. The Balaban J connectivity index is 1.85. The number of nitrogens with zero attached hydrogens (tertiary/aromatic N) is 3. The van der Waals surface area contributed by atoms with Gasteiger partial charge < -0.3 is 4.90 Å². The molecule has 0 N–H and O–H groups in total. The van der Waals surface area contributed by atoms with E-state index in [1.807, 2.05) is 26.8 Å². The molecule has 0 saturated carbocycles. The minimum atomic E-state index is -3.59. The zero-order chi connectivity index (χ0) is 21.2. The number of thiophene rings is 1. The van der Waals surface area contributed by atoms with E-state index in [1.54, 1.807) is 35.2 Å². The standard InChI is InChI=1S/C21H25N3O3S2/c1-15(2)24(19-8-4-6-17(12-19)13-22)21(25)18-7-5-11-23(14-18)29(26,27)20-10-9-16(3)28-20/h4,6,8-10,12,15,18H,5,7,11,14H2,1-3H3. The van der Waals surface area contributed by atoms with Crippen molar-refractivity contribution in [1.82, 2.24) is 4.31 Å². The average molecular weight is 432 g/mol. The lowest BCUT2D eigenvalue weighted by atomic mass is 9.97. The second-order valence-electron chi connectivity index (χ2n) is 7.53. The molecule has 1 aliphatic rings. The third kappa shape index (κ3) is 4.53. The Morgan fingerprint density at radius 1 is 1.31 bits per heavy atom. The van der Waals surface area contributed by atoms with Crippen molar-refractivity contribution in [2.45, 2.75) is 43.9 Å². The molecular formula is C21H25N3O3S2. The Bertz CT molecular complexity index is 1040. The van der Waals surface area contributed by atoms with Gasteiger partial charge in [0.1, 0.15) is 4.21 Å². The molecule has 29 heavy (non-hydrogen) atoms. The van der Waals surface area contributed by atoms with Crippen LogP contribution in [0.3, 0.4) is 0 Å². The topological polar surface area (TPSA) is 81.5 Å². The van der Waals surface area contributed by atoms with Crippen LogP contribution in [-0.4, -0.2) is 37.8 Å². The van der Waals surface area contributed by atoms with Crippen LogP contribution in [0.15, 0.2) is 40.6 Å². The van der Waals surface area contributed by atoms with E-state index >= 15 is 0 Å². The maximum atomic E-state index is 13.4. The van der Waals surface area contributed by atoms with Gasteiger partial charge in [0, 0.05) is 29.7 Å². The van der Waals surface area contributed by atoms with Crippen molar-refractivity contribution in [1.29, 1.82) is 5.26 Å². The van der Waals surface area contributed by atoms with Gasteiger partial charge in [-0.05, 0) is 63.9 Å². The summed E-state index contributed by atoms with van der Waals surface area (Å²) >= 11 is 1.25. The summed E-state index contributed by atoms with van der Waals surface area (Å²) in [5.41, 5.74) is 1.15. The maximum Gasteiger partial charge on any atom is 0.252 e. The molecule has 1 atom stereocenters. The summed E-state index contributed by atoms with van der Waals surface area (Å²) in [6.45, 7) is 6.32. The summed E-state index contributed by atoms with van der Waals surface area (Å²) < 4.78 is 27.8. The van der Waals surface area contributed by atoms with Gasteiger partial charge in [-0.2, -0.15) is 9.57 Å². The third-order valence-corrected chi connectivity index (χ3v) is 8.38. The molecule has 0 spiro atoms. The minimum Gasteiger partial charge on any atom is -0.310 e. The lowest BCUT2D eigenvalue weighted by Gasteiger charge is -2.35. The van der Waals surface area contributed by atoms with Gasteiger partial charge in [-0.15, -0.1) is 11.3 Å². The van der Waals surface area contributed by atoms with Gasteiger partial charge >= 0.3 is 0 Å². The first-order chi connectivity index (χ1) is 13.7. The highest BCUT2D eigenvalue weighted by Crippen LogP contribution is 2.30. The van der Waals surface area contributed by atoms with Crippen molar-refractivity contribution >= 4 is 33.0 Å². The number of amides is 1. The van der Waals surface area contributed by atoms with Gasteiger partial charge in [0.2, 0.25) is 5.91 Å². The van der Waals surface area contributed by atoms with Gasteiger partial charge in [-0.25, -0.2) is 8.42 Å². The fourth-order valence-electron chi connectivity index (χ4n) is 3.64. The Morgan fingerprint density at radius 2 is 2.07 bits per heavy atom. The summed E-state index contributed by atoms with van der Waals surface area (Å²) in [6.07, 6.45) is 1.29. The van der Waals surface area contributed by atoms with Crippen LogP contribution in [0.5, 0.6) is 0 Å². The van der Waals surface area contributed by atoms with Crippen molar-refractivity contribution in [3.63, 3.8) is 0 Å². The summed E-state index contributed by atoms with van der Waals surface area (Å²) in [4.78, 5) is 16.0. The first kappa shape index (κ1) is 21.5. The number of sulfonamides is 1. The predicted molar refractivity (Wildman–Crippen MR) is 114 cm³/mol. The molecule has 1 fully saturated rings. The van der Waals surface area contributed by atoms with E-state index in [0.29, 0.717) is 34.8 Å². The molecular weight excluding hydrogens is 406 g/mol. The molecule has 8 heteroatoms. The fraction of sp³-hybridized carbons (Fsp3) is 0.429. The molecule has 2 heterocycles. The van der Waals surface area contributed by atoms with Gasteiger partial charge in [-0.3, -0.25) is 4.79 Å². The van der Waals surface area contributed by atoms with Gasteiger partial charge in [0.25, 0.3) is 10.0 Å². The van der Waals surface area contributed by atoms with E-state index in [2.05, 4.69) is 6.07 Å². The molecule has 154 valence electrons. The lowest BCUT2D eigenvalue weighted by Crippen LogP contribution is -2.48. The Morgan fingerprint density at radius 3 is 2.69 bits per heavy atom. The average Bonchev–Trinajstić information content (AvgIpc) is 3.15. The second-order valence-corrected chi connectivity index (χ2v) is 11.0. The molecule has 0 radical (unpaired) electrons. The van der Waals surface area contributed by atoms with Gasteiger partial charge in [0.15, 0.2) is 0 Å². The number of carbonyl (C=O) groups is 1. The van der Waals surface area contributed by atoms with Crippen molar-refractivity contribution < 1.29 is 13.2 Å². The van der Waals surface area contributed by atoms with E-state index in [1.165, 1.54) is 15.6 Å². The smallest absolute Gasteiger partial charge is 0.252 e. The molecule has 1 amide bonds. The zero-order valence-electron chi connectivity index (χ0n) is 16.8. The van der Waals surface area contributed by atoms with Gasteiger partial charge in [-0.1, -0.05) is 6.07 Å². The molecule has 1 saturated heterocycles. The minimum absolute atomic E-state index is 0.0997. The highest BCUT2D eigenvalue weighted by molar-refractivity contribution is 7.91. The summed E-state index contributed by atoms with van der Waals surface area (Å²) in [7, 11) is -3.59. The first-order valence-corrected chi connectivity index (χ1v) is 11.9. The van der Waals surface area contributed by atoms with Crippen LogP contribution < -0.4 is 4.90 Å². The molecule has 0 aliphatic carbocycles. The number of benzene rings is 1. The quantitative estimate of drug-likeness (QED) is 0.722. The number of nitriles is 1. The molecule has 1 unspecified atom stereocenters.